The highest BCUT2D eigenvalue weighted by Gasteiger charge is 2.56. The van der Waals surface area contributed by atoms with Gasteiger partial charge in [-0.05, 0) is 36.8 Å². The Bertz CT molecular complexity index is 712. The van der Waals surface area contributed by atoms with Crippen LogP contribution in [0.2, 0.25) is 0 Å². The monoisotopic (exact) mass is 250 g/mol. The number of nitrogens with one attached hydrogen (secondary N) is 1. The summed E-state index contributed by atoms with van der Waals surface area (Å²) in [5, 5.41) is 10.0. The van der Waals surface area contributed by atoms with E-state index in [2.05, 4.69) is 11.1 Å². The van der Waals surface area contributed by atoms with Gasteiger partial charge in [-0.1, -0.05) is 12.5 Å². The summed E-state index contributed by atoms with van der Waals surface area (Å²) in [4.78, 5) is 15.8. The zero-order valence-corrected chi connectivity index (χ0v) is 10.5. The lowest BCUT2D eigenvalue weighted by molar-refractivity contribution is 0.0953. The van der Waals surface area contributed by atoms with E-state index in [1.165, 1.54) is 19.3 Å². The molecular formula is C16H14N2O. The van der Waals surface area contributed by atoms with E-state index in [1.807, 2.05) is 12.1 Å². The first-order valence-corrected chi connectivity index (χ1v) is 6.85. The molecule has 2 aliphatic rings. The van der Waals surface area contributed by atoms with Crippen molar-refractivity contribution < 1.29 is 4.79 Å². The maximum absolute atomic E-state index is 12.6. The van der Waals surface area contributed by atoms with Crippen molar-refractivity contribution in [3.05, 3.63) is 35.5 Å². The van der Waals surface area contributed by atoms with Crippen LogP contribution in [0.25, 0.3) is 10.9 Å². The molecule has 2 atom stereocenters. The number of benzene rings is 1. The van der Waals surface area contributed by atoms with E-state index in [0.717, 1.165) is 10.9 Å². The summed E-state index contributed by atoms with van der Waals surface area (Å²) in [6, 6.07) is 7.73. The molecule has 2 saturated carbocycles. The van der Waals surface area contributed by atoms with Crippen molar-refractivity contribution in [2.75, 3.05) is 0 Å². The van der Waals surface area contributed by atoms with Gasteiger partial charge < -0.3 is 4.98 Å². The number of fused-ring (bicyclic) bond motifs is 2. The van der Waals surface area contributed by atoms with Gasteiger partial charge in [-0.15, -0.1) is 0 Å². The van der Waals surface area contributed by atoms with Gasteiger partial charge in [0.1, 0.15) is 0 Å². The van der Waals surface area contributed by atoms with Gasteiger partial charge in [-0.3, -0.25) is 4.79 Å². The van der Waals surface area contributed by atoms with Crippen LogP contribution in [0.5, 0.6) is 0 Å². The quantitative estimate of drug-likeness (QED) is 0.831. The van der Waals surface area contributed by atoms with Crippen molar-refractivity contribution in [2.45, 2.75) is 19.3 Å². The minimum atomic E-state index is 0.222. The fraction of sp³-hybridized carbons (Fsp3) is 0.375. The number of aromatic amines is 1. The Morgan fingerprint density at radius 1 is 1.32 bits per heavy atom. The summed E-state index contributed by atoms with van der Waals surface area (Å²) in [5.41, 5.74) is 2.19. The van der Waals surface area contributed by atoms with Gasteiger partial charge in [0.05, 0.1) is 11.6 Å². The Kier molecular flexibility index (Phi) is 2.11. The second-order valence-electron chi connectivity index (χ2n) is 5.69. The summed E-state index contributed by atoms with van der Waals surface area (Å²) in [6.07, 6.45) is 5.46. The van der Waals surface area contributed by atoms with Crippen LogP contribution in [0.3, 0.4) is 0 Å². The van der Waals surface area contributed by atoms with E-state index in [4.69, 9.17) is 0 Å². The third kappa shape index (κ3) is 1.40. The molecule has 94 valence electrons. The van der Waals surface area contributed by atoms with Crippen molar-refractivity contribution in [1.29, 1.82) is 5.26 Å². The van der Waals surface area contributed by atoms with Crippen LogP contribution in [-0.2, 0) is 0 Å². The predicted octanol–water partition coefficient (Wildman–Crippen LogP) is 3.27. The second-order valence-corrected chi connectivity index (χ2v) is 5.69. The number of hydrogen-bond donors (Lipinski definition) is 1. The highest BCUT2D eigenvalue weighted by molar-refractivity contribution is 6.11. The Labute approximate surface area is 111 Å². The lowest BCUT2D eigenvalue weighted by Crippen LogP contribution is -2.06. The average Bonchev–Trinajstić information content (AvgIpc) is 2.84. The number of carbonyl (C=O) groups excluding carboxylic acids is 1. The molecule has 0 spiro atoms. The van der Waals surface area contributed by atoms with E-state index < -0.39 is 0 Å². The predicted molar refractivity (Wildman–Crippen MR) is 71.7 cm³/mol. The molecule has 1 heterocycles. The highest BCUT2D eigenvalue weighted by atomic mass is 16.1. The first-order valence-electron chi connectivity index (χ1n) is 6.85. The van der Waals surface area contributed by atoms with Gasteiger partial charge >= 0.3 is 0 Å². The number of nitrogens with zero attached hydrogens (tertiary/aromatic N) is 1. The van der Waals surface area contributed by atoms with Gasteiger partial charge in [0.15, 0.2) is 5.78 Å². The van der Waals surface area contributed by atoms with Crippen molar-refractivity contribution in [3.8, 4) is 6.07 Å². The van der Waals surface area contributed by atoms with E-state index in [9.17, 15) is 10.1 Å². The normalized spacial score (nSPS) is 28.1. The number of H-pyrrole nitrogens is 1. The first-order chi connectivity index (χ1) is 9.31. The molecule has 0 radical (unpaired) electrons. The molecule has 4 rings (SSSR count). The minimum absolute atomic E-state index is 0.222. The molecule has 2 aromatic rings. The Hall–Kier alpha value is -2.08. The number of Topliss-reactive ketones (excluding diaryl/α,β-unsaturated/α-hetero) is 1. The summed E-state index contributed by atoms with van der Waals surface area (Å²) in [7, 11) is 0. The molecule has 0 aliphatic heterocycles. The van der Waals surface area contributed by atoms with Gasteiger partial charge in [0, 0.05) is 28.6 Å². The average molecular weight is 250 g/mol. The summed E-state index contributed by atoms with van der Waals surface area (Å²) in [6.45, 7) is 0. The molecule has 3 heteroatoms. The Morgan fingerprint density at radius 3 is 2.84 bits per heavy atom. The van der Waals surface area contributed by atoms with E-state index >= 15 is 0 Å². The standard InChI is InChI=1S/C16H14N2O/c17-7-9-3-1-6-13-14(9)12(8-18-13)16(19)15-10-4-2-5-11(10)15/h1,3,6,8,10-11,15,18H,2,4-5H2. The smallest absolute Gasteiger partial charge is 0.168 e. The van der Waals surface area contributed by atoms with E-state index in [1.54, 1.807) is 12.3 Å². The maximum atomic E-state index is 12.6. The molecule has 2 fully saturated rings. The van der Waals surface area contributed by atoms with Crippen molar-refractivity contribution in [2.24, 2.45) is 17.8 Å². The van der Waals surface area contributed by atoms with Crippen molar-refractivity contribution in [1.82, 2.24) is 4.98 Å². The largest absolute Gasteiger partial charge is 0.360 e. The molecule has 1 aromatic carbocycles. The summed E-state index contributed by atoms with van der Waals surface area (Å²) < 4.78 is 0. The lowest BCUT2D eigenvalue weighted by atomic mass is 9.98. The van der Waals surface area contributed by atoms with E-state index in [-0.39, 0.29) is 11.7 Å². The van der Waals surface area contributed by atoms with Crippen LogP contribution < -0.4 is 0 Å². The fourth-order valence-electron chi connectivity index (χ4n) is 3.86. The van der Waals surface area contributed by atoms with Crippen LogP contribution in [0.4, 0.5) is 0 Å². The lowest BCUT2D eigenvalue weighted by Gasteiger charge is -2.02. The van der Waals surface area contributed by atoms with Crippen LogP contribution in [0.1, 0.15) is 35.2 Å². The maximum Gasteiger partial charge on any atom is 0.168 e. The number of rotatable bonds is 2. The third-order valence-electron chi connectivity index (χ3n) is 4.80. The minimum Gasteiger partial charge on any atom is -0.360 e. The number of carbonyl (C=O) groups is 1. The molecule has 3 nitrogen and oxygen atoms in total. The van der Waals surface area contributed by atoms with Crippen LogP contribution in [0, 0.1) is 29.1 Å². The van der Waals surface area contributed by atoms with Crippen LogP contribution >= 0.6 is 0 Å². The van der Waals surface area contributed by atoms with Gasteiger partial charge in [-0.25, -0.2) is 0 Å². The Morgan fingerprint density at radius 2 is 2.11 bits per heavy atom. The molecule has 2 aliphatic carbocycles. The molecular weight excluding hydrogens is 236 g/mol. The molecule has 19 heavy (non-hydrogen) atoms. The van der Waals surface area contributed by atoms with Gasteiger partial charge in [0.2, 0.25) is 0 Å². The zero-order valence-electron chi connectivity index (χ0n) is 10.5. The third-order valence-corrected chi connectivity index (χ3v) is 4.80. The van der Waals surface area contributed by atoms with E-state index in [0.29, 0.717) is 23.0 Å². The number of aromatic nitrogens is 1. The molecule has 0 saturated heterocycles. The highest BCUT2D eigenvalue weighted by Crippen LogP contribution is 2.58. The molecule has 0 amide bonds. The number of nitriles is 1. The molecule has 1 aromatic heterocycles. The second kappa shape index (κ2) is 3.71. The molecule has 1 N–H and O–H groups in total. The number of hydrogen-bond acceptors (Lipinski definition) is 2. The van der Waals surface area contributed by atoms with Crippen LogP contribution in [-0.4, -0.2) is 10.8 Å². The summed E-state index contributed by atoms with van der Waals surface area (Å²) >= 11 is 0. The molecule has 0 bridgehead atoms. The topological polar surface area (TPSA) is 56.6 Å². The van der Waals surface area contributed by atoms with Crippen molar-refractivity contribution >= 4 is 16.7 Å². The SMILES string of the molecule is N#Cc1cccc2[nH]cc(C(=O)C3C4CCCC43)c12. The molecule has 2 unspecified atom stereocenters. The van der Waals surface area contributed by atoms with Gasteiger partial charge in [-0.2, -0.15) is 5.26 Å². The van der Waals surface area contributed by atoms with Crippen LogP contribution in [0.15, 0.2) is 24.4 Å². The van der Waals surface area contributed by atoms with Gasteiger partial charge in [0.25, 0.3) is 0 Å². The summed E-state index contributed by atoms with van der Waals surface area (Å²) in [5.74, 6) is 1.70. The Balaban J connectivity index is 1.80. The number of ketones is 1. The van der Waals surface area contributed by atoms with Crippen molar-refractivity contribution in [3.63, 3.8) is 0 Å². The fourth-order valence-corrected chi connectivity index (χ4v) is 3.86. The zero-order chi connectivity index (χ0) is 13.0. The first kappa shape index (κ1) is 10.8.